The van der Waals surface area contributed by atoms with E-state index in [0.29, 0.717) is 17.4 Å². The van der Waals surface area contributed by atoms with Crippen molar-refractivity contribution in [3.63, 3.8) is 0 Å². The highest BCUT2D eigenvalue weighted by Gasteiger charge is 2.12. The first kappa shape index (κ1) is 28.8. The Balaban J connectivity index is 3.38. The molecule has 0 N–H and O–H groups in total. The van der Waals surface area contributed by atoms with E-state index < -0.39 is 7.82 Å². The van der Waals surface area contributed by atoms with Crippen molar-refractivity contribution in [1.29, 1.82) is 0 Å². The summed E-state index contributed by atoms with van der Waals surface area (Å²) in [6.45, 7) is 3.23. The highest BCUT2D eigenvalue weighted by molar-refractivity contribution is 7.45. The highest BCUT2D eigenvalue weighted by atomic mass is 31.2. The minimum atomic E-state index is -4.15. The van der Waals surface area contributed by atoms with Crippen LogP contribution in [0.5, 0.6) is 0 Å². The van der Waals surface area contributed by atoms with E-state index in [1.165, 1.54) is 70.6 Å². The topological polar surface area (TPSA) is 58.6 Å². The largest absolute Gasteiger partial charge is 0.756 e. The van der Waals surface area contributed by atoms with Gasteiger partial charge in [0.25, 0.3) is 7.82 Å². The van der Waals surface area contributed by atoms with Crippen LogP contribution in [0.4, 0.5) is 0 Å². The van der Waals surface area contributed by atoms with Crippen LogP contribution < -0.4 is 4.89 Å². The molecule has 0 radical (unpaired) electrons. The maximum absolute atomic E-state index is 11.6. The van der Waals surface area contributed by atoms with Crippen molar-refractivity contribution in [2.75, 3.05) is 40.9 Å². The second-order valence-corrected chi connectivity index (χ2v) is 10.5. The zero-order chi connectivity index (χ0) is 21.8. The first-order valence-corrected chi connectivity index (χ1v) is 13.3. The fourth-order valence-electron chi connectivity index (χ4n) is 3.00. The summed E-state index contributed by atoms with van der Waals surface area (Å²) in [5.74, 6) is 0. The average molecular weight is 434 g/mol. The van der Waals surface area contributed by atoms with Crippen LogP contribution in [0, 0.1) is 0 Å². The lowest BCUT2D eigenvalue weighted by atomic mass is 10.1. The van der Waals surface area contributed by atoms with Crippen molar-refractivity contribution in [3.8, 4) is 0 Å². The van der Waals surface area contributed by atoms with Gasteiger partial charge in [-0.1, -0.05) is 83.3 Å². The molecule has 0 amide bonds. The molecule has 0 aliphatic rings. The Morgan fingerprint density at radius 2 is 1.17 bits per heavy atom. The van der Waals surface area contributed by atoms with Gasteiger partial charge in [-0.15, -0.1) is 0 Å². The van der Waals surface area contributed by atoms with Crippen LogP contribution in [0.15, 0.2) is 12.2 Å². The number of allylic oxidation sites excluding steroid dienone is 2. The van der Waals surface area contributed by atoms with Gasteiger partial charge in [0.15, 0.2) is 0 Å². The number of unbranched alkanes of at least 4 members (excludes halogenated alkanes) is 12. The van der Waals surface area contributed by atoms with E-state index >= 15 is 0 Å². The highest BCUT2D eigenvalue weighted by Crippen LogP contribution is 2.38. The van der Waals surface area contributed by atoms with Crippen LogP contribution >= 0.6 is 7.82 Å². The van der Waals surface area contributed by atoms with Gasteiger partial charge in [-0.05, 0) is 25.7 Å². The van der Waals surface area contributed by atoms with Crippen molar-refractivity contribution in [2.45, 2.75) is 96.8 Å². The lowest BCUT2D eigenvalue weighted by Crippen LogP contribution is -2.37. The van der Waals surface area contributed by atoms with Gasteiger partial charge in [0.2, 0.25) is 0 Å². The number of nitrogens with zero attached hydrogens (tertiary/aromatic N) is 1. The molecule has 0 bridgehead atoms. The summed E-state index contributed by atoms with van der Waals surface area (Å²) in [6.07, 6.45) is 22.1. The SMILES string of the molecule is CCCCCCCCCCCCCC=CCCCOP(=O)([O-])OCC[N+](C)(C)C. The molecular formula is C23H48NO4P. The summed E-state index contributed by atoms with van der Waals surface area (Å²) in [5, 5.41) is 0. The van der Waals surface area contributed by atoms with Gasteiger partial charge in [-0.2, -0.15) is 0 Å². The smallest absolute Gasteiger partial charge is 0.268 e. The number of likely N-dealkylation sites (N-methyl/N-ethyl adjacent to an activating group) is 1. The standard InChI is InChI=1S/C23H48NO4P/c1-5-6-7-8-9-10-11-12-13-14-15-16-17-18-19-20-22-27-29(25,26)28-23-21-24(2,3)4/h17-18H,5-16,19-23H2,1-4H3. The van der Waals surface area contributed by atoms with Gasteiger partial charge in [-0.3, -0.25) is 4.57 Å². The van der Waals surface area contributed by atoms with E-state index in [1.54, 1.807) is 0 Å². The molecule has 29 heavy (non-hydrogen) atoms. The number of hydrogen-bond donors (Lipinski definition) is 0. The van der Waals surface area contributed by atoms with E-state index in [9.17, 15) is 9.46 Å². The van der Waals surface area contributed by atoms with Crippen molar-refractivity contribution in [2.24, 2.45) is 0 Å². The normalized spacial score (nSPS) is 14.5. The molecule has 1 unspecified atom stereocenters. The Morgan fingerprint density at radius 1 is 0.724 bits per heavy atom. The summed E-state index contributed by atoms with van der Waals surface area (Å²) >= 11 is 0. The average Bonchev–Trinajstić information content (AvgIpc) is 2.63. The quantitative estimate of drug-likeness (QED) is 0.0931. The molecule has 0 aromatic carbocycles. The molecule has 0 aromatic heterocycles. The van der Waals surface area contributed by atoms with Crippen LogP contribution in [0.25, 0.3) is 0 Å². The molecular weight excluding hydrogens is 385 g/mol. The third-order valence-corrected chi connectivity index (χ3v) is 5.91. The molecule has 0 heterocycles. The number of quaternary nitrogens is 1. The van der Waals surface area contributed by atoms with Crippen LogP contribution in [0.2, 0.25) is 0 Å². The number of rotatable bonds is 21. The van der Waals surface area contributed by atoms with Crippen molar-refractivity contribution < 1.29 is 23.0 Å². The number of phosphoric acid groups is 1. The summed E-state index contributed by atoms with van der Waals surface area (Å²) < 4.78 is 22.1. The molecule has 0 aliphatic heterocycles. The van der Waals surface area contributed by atoms with Crippen LogP contribution in [0.3, 0.4) is 0 Å². The van der Waals surface area contributed by atoms with Crippen LogP contribution in [-0.2, 0) is 13.6 Å². The van der Waals surface area contributed by atoms with E-state index in [4.69, 9.17) is 9.05 Å². The minimum absolute atomic E-state index is 0.156. The van der Waals surface area contributed by atoms with Gasteiger partial charge < -0.3 is 18.4 Å². The zero-order valence-electron chi connectivity index (χ0n) is 19.7. The molecule has 0 rings (SSSR count). The summed E-state index contributed by atoms with van der Waals surface area (Å²) in [6, 6.07) is 0. The molecule has 0 aromatic rings. The molecule has 1 atom stereocenters. The first-order chi connectivity index (χ1) is 13.8. The lowest BCUT2D eigenvalue weighted by molar-refractivity contribution is -0.870. The van der Waals surface area contributed by atoms with Gasteiger partial charge in [0.05, 0.1) is 27.7 Å². The molecule has 174 valence electrons. The van der Waals surface area contributed by atoms with E-state index in [0.717, 1.165) is 12.8 Å². The Labute approximate surface area is 181 Å². The van der Waals surface area contributed by atoms with Gasteiger partial charge >= 0.3 is 0 Å². The minimum Gasteiger partial charge on any atom is -0.756 e. The molecule has 0 saturated heterocycles. The summed E-state index contributed by atoms with van der Waals surface area (Å²) in [5.41, 5.74) is 0. The van der Waals surface area contributed by atoms with Gasteiger partial charge in [0, 0.05) is 0 Å². The Kier molecular flexibility index (Phi) is 18.4. The van der Waals surface area contributed by atoms with Gasteiger partial charge in [-0.25, -0.2) is 0 Å². The molecule has 5 nitrogen and oxygen atoms in total. The van der Waals surface area contributed by atoms with E-state index in [2.05, 4.69) is 19.1 Å². The van der Waals surface area contributed by atoms with Crippen LogP contribution in [0.1, 0.15) is 96.8 Å². The maximum Gasteiger partial charge on any atom is 0.268 e. The Hall–Kier alpha value is -0.190. The monoisotopic (exact) mass is 433 g/mol. The maximum atomic E-state index is 11.6. The molecule has 0 fully saturated rings. The fraction of sp³-hybridized carbons (Fsp3) is 0.913. The molecule has 0 spiro atoms. The first-order valence-electron chi connectivity index (χ1n) is 11.8. The predicted molar refractivity (Wildman–Crippen MR) is 122 cm³/mol. The van der Waals surface area contributed by atoms with E-state index in [1.807, 2.05) is 21.1 Å². The summed E-state index contributed by atoms with van der Waals surface area (Å²) in [7, 11) is 1.81. The summed E-state index contributed by atoms with van der Waals surface area (Å²) in [4.78, 5) is 11.6. The van der Waals surface area contributed by atoms with Crippen molar-refractivity contribution >= 4 is 7.82 Å². The van der Waals surface area contributed by atoms with Crippen molar-refractivity contribution in [3.05, 3.63) is 12.2 Å². The molecule has 0 saturated carbocycles. The third kappa shape index (κ3) is 24.0. The number of phosphoric ester groups is 1. The second-order valence-electron chi connectivity index (χ2n) is 9.07. The Morgan fingerprint density at radius 3 is 1.69 bits per heavy atom. The third-order valence-electron chi connectivity index (χ3n) is 4.92. The lowest BCUT2D eigenvalue weighted by Gasteiger charge is -2.27. The predicted octanol–water partition coefficient (Wildman–Crippen LogP) is 6.23. The van der Waals surface area contributed by atoms with E-state index in [-0.39, 0.29) is 13.2 Å². The van der Waals surface area contributed by atoms with Crippen molar-refractivity contribution in [1.82, 2.24) is 0 Å². The van der Waals surface area contributed by atoms with Gasteiger partial charge in [0.1, 0.15) is 13.2 Å². The molecule has 6 heteroatoms. The molecule has 0 aliphatic carbocycles. The number of hydrogen-bond acceptors (Lipinski definition) is 4. The zero-order valence-corrected chi connectivity index (χ0v) is 20.6. The van der Waals surface area contributed by atoms with Crippen LogP contribution in [-0.4, -0.2) is 45.4 Å². The Bertz CT molecular complexity index is 435. The fourth-order valence-corrected chi connectivity index (χ4v) is 3.74. The second kappa shape index (κ2) is 18.6.